The van der Waals surface area contributed by atoms with E-state index in [1.807, 2.05) is 18.2 Å². The highest BCUT2D eigenvalue weighted by Gasteiger charge is 2.06. The van der Waals surface area contributed by atoms with Crippen molar-refractivity contribution in [3.8, 4) is 0 Å². The average molecular weight is 345 g/mol. The molecule has 2 rings (SSSR count). The Morgan fingerprint density at radius 1 is 1.17 bits per heavy atom. The van der Waals surface area contributed by atoms with E-state index in [0.717, 1.165) is 14.9 Å². The molecular weight excluding hydrogens is 334 g/mol. The highest BCUT2D eigenvalue weighted by Crippen LogP contribution is 2.21. The second-order valence-corrected chi connectivity index (χ2v) is 6.64. The standard InChI is InChI=1S/C13H11BrClNOS/c14-10-5-9(6-12(16)7-10)8-18(17)13-3-1-11(15)2-4-13/h1-7H,8,16H2. The summed E-state index contributed by atoms with van der Waals surface area (Å²) in [7, 11) is -1.09. The first kappa shape index (κ1) is 13.6. The third-order valence-corrected chi connectivity index (χ3v) is 4.46. The summed E-state index contributed by atoms with van der Waals surface area (Å²) in [6.45, 7) is 0. The van der Waals surface area contributed by atoms with Crippen LogP contribution in [0.1, 0.15) is 5.56 Å². The van der Waals surface area contributed by atoms with Crippen molar-refractivity contribution in [2.45, 2.75) is 10.6 Å². The zero-order chi connectivity index (χ0) is 13.1. The highest BCUT2D eigenvalue weighted by molar-refractivity contribution is 9.10. The van der Waals surface area contributed by atoms with Crippen LogP contribution in [-0.4, -0.2) is 4.21 Å². The van der Waals surface area contributed by atoms with Crippen molar-refractivity contribution < 1.29 is 4.21 Å². The summed E-state index contributed by atoms with van der Waals surface area (Å²) < 4.78 is 13.1. The lowest BCUT2D eigenvalue weighted by Gasteiger charge is -2.05. The van der Waals surface area contributed by atoms with Crippen molar-refractivity contribution in [3.63, 3.8) is 0 Å². The molecule has 0 spiro atoms. The summed E-state index contributed by atoms with van der Waals surface area (Å²) in [5, 5.41) is 0.641. The molecule has 94 valence electrons. The molecule has 0 radical (unpaired) electrons. The zero-order valence-electron chi connectivity index (χ0n) is 9.40. The van der Waals surface area contributed by atoms with Gasteiger partial charge < -0.3 is 5.73 Å². The van der Waals surface area contributed by atoms with Crippen molar-refractivity contribution in [1.82, 2.24) is 0 Å². The predicted octanol–water partition coefficient (Wildman–Crippen LogP) is 3.99. The number of nitrogens with two attached hydrogens (primary N) is 1. The Hall–Kier alpha value is -0.840. The van der Waals surface area contributed by atoms with Gasteiger partial charge in [-0.05, 0) is 48.0 Å². The number of hydrogen-bond donors (Lipinski definition) is 1. The van der Waals surface area contributed by atoms with Crippen LogP contribution in [0.25, 0.3) is 0 Å². The minimum Gasteiger partial charge on any atom is -0.399 e. The molecule has 2 N–H and O–H groups in total. The molecule has 2 aromatic rings. The fourth-order valence-electron chi connectivity index (χ4n) is 1.58. The molecule has 0 amide bonds. The topological polar surface area (TPSA) is 43.1 Å². The van der Waals surface area contributed by atoms with Gasteiger partial charge in [-0.2, -0.15) is 0 Å². The summed E-state index contributed by atoms with van der Waals surface area (Å²) >= 11 is 9.17. The normalized spacial score (nSPS) is 12.3. The maximum absolute atomic E-state index is 12.2. The first-order valence-corrected chi connectivity index (χ1v) is 7.72. The lowest BCUT2D eigenvalue weighted by molar-refractivity contribution is 0.682. The molecular formula is C13H11BrClNOS. The van der Waals surface area contributed by atoms with Crippen molar-refractivity contribution in [1.29, 1.82) is 0 Å². The predicted molar refractivity (Wildman–Crippen MR) is 80.1 cm³/mol. The summed E-state index contributed by atoms with van der Waals surface area (Å²) in [5.74, 6) is 0.436. The van der Waals surface area contributed by atoms with Crippen LogP contribution in [0.2, 0.25) is 5.02 Å². The smallest absolute Gasteiger partial charge is 0.0574 e. The molecule has 0 saturated heterocycles. The Labute approximate surface area is 122 Å². The van der Waals surface area contributed by atoms with Crippen molar-refractivity contribution >= 4 is 44.0 Å². The molecule has 0 saturated carbocycles. The van der Waals surface area contributed by atoms with Crippen LogP contribution < -0.4 is 5.73 Å². The van der Waals surface area contributed by atoms with Gasteiger partial charge in [0.1, 0.15) is 0 Å². The highest BCUT2D eigenvalue weighted by atomic mass is 79.9. The number of hydrogen-bond acceptors (Lipinski definition) is 2. The minimum atomic E-state index is -1.09. The maximum Gasteiger partial charge on any atom is 0.0574 e. The van der Waals surface area contributed by atoms with E-state index < -0.39 is 10.8 Å². The van der Waals surface area contributed by atoms with Gasteiger partial charge in [0.15, 0.2) is 0 Å². The van der Waals surface area contributed by atoms with Gasteiger partial charge in [-0.25, -0.2) is 0 Å². The van der Waals surface area contributed by atoms with E-state index in [9.17, 15) is 4.21 Å². The van der Waals surface area contributed by atoms with Gasteiger partial charge in [0, 0.05) is 20.1 Å². The van der Waals surface area contributed by atoms with Crippen LogP contribution in [0.5, 0.6) is 0 Å². The fraction of sp³-hybridized carbons (Fsp3) is 0.0769. The van der Waals surface area contributed by atoms with Crippen molar-refractivity contribution in [3.05, 3.63) is 57.5 Å². The second-order valence-electron chi connectivity index (χ2n) is 3.84. The third kappa shape index (κ3) is 3.57. The van der Waals surface area contributed by atoms with E-state index in [4.69, 9.17) is 17.3 Å². The van der Waals surface area contributed by atoms with E-state index in [1.54, 1.807) is 24.3 Å². The monoisotopic (exact) mass is 343 g/mol. The molecule has 0 aliphatic carbocycles. The van der Waals surface area contributed by atoms with E-state index in [0.29, 0.717) is 16.5 Å². The minimum absolute atomic E-state index is 0.436. The van der Waals surface area contributed by atoms with Gasteiger partial charge in [0.2, 0.25) is 0 Å². The summed E-state index contributed by atoms with van der Waals surface area (Å²) in [6.07, 6.45) is 0. The molecule has 2 nitrogen and oxygen atoms in total. The lowest BCUT2D eigenvalue weighted by Crippen LogP contribution is -1.97. The first-order valence-electron chi connectivity index (χ1n) is 5.23. The summed E-state index contributed by atoms with van der Waals surface area (Å²) in [5.41, 5.74) is 7.35. The van der Waals surface area contributed by atoms with Crippen molar-refractivity contribution in [2.24, 2.45) is 0 Å². The largest absolute Gasteiger partial charge is 0.399 e. The lowest BCUT2D eigenvalue weighted by atomic mass is 10.2. The number of nitrogen functional groups attached to an aromatic ring is 1. The van der Waals surface area contributed by atoms with Crippen LogP contribution in [0.4, 0.5) is 5.69 Å². The number of benzene rings is 2. The molecule has 5 heteroatoms. The Bertz CT molecular complexity index is 566. The summed E-state index contributed by atoms with van der Waals surface area (Å²) in [6, 6.07) is 12.6. The number of halogens is 2. The number of anilines is 1. The first-order chi connectivity index (χ1) is 8.54. The van der Waals surface area contributed by atoms with E-state index in [-0.39, 0.29) is 0 Å². The van der Waals surface area contributed by atoms with Gasteiger partial charge in [-0.15, -0.1) is 0 Å². The third-order valence-electron chi connectivity index (χ3n) is 2.35. The fourth-order valence-corrected chi connectivity index (χ4v) is 3.34. The second kappa shape index (κ2) is 5.87. The molecule has 0 heterocycles. The van der Waals surface area contributed by atoms with Crippen LogP contribution in [0.15, 0.2) is 51.8 Å². The Morgan fingerprint density at radius 2 is 1.83 bits per heavy atom. The maximum atomic E-state index is 12.2. The molecule has 18 heavy (non-hydrogen) atoms. The van der Waals surface area contributed by atoms with Gasteiger partial charge >= 0.3 is 0 Å². The molecule has 1 atom stereocenters. The van der Waals surface area contributed by atoms with Crippen LogP contribution in [-0.2, 0) is 16.6 Å². The molecule has 0 aliphatic rings. The average Bonchev–Trinajstić information content (AvgIpc) is 2.28. The van der Waals surface area contributed by atoms with Gasteiger partial charge in [0.25, 0.3) is 0 Å². The molecule has 0 aliphatic heterocycles. The molecule has 1 unspecified atom stereocenters. The molecule has 2 aromatic carbocycles. The van der Waals surface area contributed by atoms with E-state index in [2.05, 4.69) is 15.9 Å². The quantitative estimate of drug-likeness (QED) is 0.855. The molecule has 0 bridgehead atoms. The Morgan fingerprint density at radius 3 is 2.44 bits per heavy atom. The van der Waals surface area contributed by atoms with Crippen LogP contribution in [0, 0.1) is 0 Å². The van der Waals surface area contributed by atoms with Gasteiger partial charge in [-0.3, -0.25) is 4.21 Å². The van der Waals surface area contributed by atoms with Gasteiger partial charge in [-0.1, -0.05) is 27.5 Å². The van der Waals surface area contributed by atoms with Crippen molar-refractivity contribution in [2.75, 3.05) is 5.73 Å². The number of rotatable bonds is 3. The molecule has 0 aromatic heterocycles. The zero-order valence-corrected chi connectivity index (χ0v) is 12.6. The Balaban J connectivity index is 2.18. The van der Waals surface area contributed by atoms with Gasteiger partial charge in [0.05, 0.1) is 16.6 Å². The van der Waals surface area contributed by atoms with E-state index in [1.165, 1.54) is 0 Å². The molecule has 0 fully saturated rings. The Kier molecular flexibility index (Phi) is 4.43. The SMILES string of the molecule is Nc1cc(Br)cc(CS(=O)c2ccc(Cl)cc2)c1. The van der Waals surface area contributed by atoms with E-state index >= 15 is 0 Å². The summed E-state index contributed by atoms with van der Waals surface area (Å²) in [4.78, 5) is 0.762. The van der Waals surface area contributed by atoms with Crippen LogP contribution >= 0.6 is 27.5 Å². The van der Waals surface area contributed by atoms with Crippen LogP contribution in [0.3, 0.4) is 0 Å².